The predicted octanol–water partition coefficient (Wildman–Crippen LogP) is 3.21. The van der Waals surface area contributed by atoms with Crippen molar-refractivity contribution in [3.8, 4) is 0 Å². The van der Waals surface area contributed by atoms with Gasteiger partial charge in [0.15, 0.2) is 0 Å². The summed E-state index contributed by atoms with van der Waals surface area (Å²) in [6.45, 7) is 2.58. The topological polar surface area (TPSA) is 110 Å². The van der Waals surface area contributed by atoms with Crippen molar-refractivity contribution in [2.45, 2.75) is 37.3 Å². The molecule has 2 aliphatic rings. The lowest BCUT2D eigenvalue weighted by atomic mass is 10.00. The van der Waals surface area contributed by atoms with Gasteiger partial charge in [-0.3, -0.25) is 15.0 Å². The van der Waals surface area contributed by atoms with E-state index in [1.165, 1.54) is 22.5 Å². The van der Waals surface area contributed by atoms with Gasteiger partial charge in [-0.15, -0.1) is 0 Å². The monoisotopic (exact) mass is 431 g/mol. The van der Waals surface area contributed by atoms with Crippen molar-refractivity contribution >= 4 is 27.5 Å². The molecule has 1 amide bonds. The quantitative estimate of drug-likeness (QED) is 0.543. The zero-order chi connectivity index (χ0) is 21.5. The predicted molar refractivity (Wildman–Crippen MR) is 109 cm³/mol. The fourth-order valence-electron chi connectivity index (χ4n) is 4.06. The highest BCUT2D eigenvalue weighted by atomic mass is 32.2. The number of nitro benzene ring substituents is 1. The number of hydrogen-bond donors (Lipinski definition) is 0. The van der Waals surface area contributed by atoms with Crippen LogP contribution in [0.15, 0.2) is 47.4 Å². The van der Waals surface area contributed by atoms with Crippen LogP contribution in [0.5, 0.6) is 0 Å². The number of nitro groups is 1. The third-order valence-corrected chi connectivity index (χ3v) is 7.46. The number of carbonyl (C=O) groups excluding carboxylic acids is 1. The first-order chi connectivity index (χ1) is 14.3. The lowest BCUT2D eigenvalue weighted by Crippen LogP contribution is -2.50. The number of piperidine rings is 1. The summed E-state index contributed by atoms with van der Waals surface area (Å²) in [5.74, 6) is 0. The van der Waals surface area contributed by atoms with Crippen LogP contribution in [0.2, 0.25) is 0 Å². The molecule has 30 heavy (non-hydrogen) atoms. The number of cyclic esters (lactones) is 1. The summed E-state index contributed by atoms with van der Waals surface area (Å²) in [6, 6.07) is 10.6. The summed E-state index contributed by atoms with van der Waals surface area (Å²) in [5, 5.41) is 11.0. The van der Waals surface area contributed by atoms with Gasteiger partial charge in [-0.1, -0.05) is 24.3 Å². The molecule has 1 fully saturated rings. The number of hydrogen-bond acceptors (Lipinski definition) is 6. The maximum Gasteiger partial charge on any atom is 0.414 e. The van der Waals surface area contributed by atoms with Crippen LogP contribution in [0.4, 0.5) is 16.2 Å². The van der Waals surface area contributed by atoms with E-state index >= 15 is 0 Å². The van der Waals surface area contributed by atoms with Crippen LogP contribution in [0, 0.1) is 17.0 Å². The van der Waals surface area contributed by atoms with Crippen LogP contribution in [-0.2, 0) is 21.4 Å². The molecule has 0 aromatic heterocycles. The van der Waals surface area contributed by atoms with Crippen LogP contribution in [0.25, 0.3) is 0 Å². The molecule has 4 rings (SSSR count). The van der Waals surface area contributed by atoms with Gasteiger partial charge in [0.1, 0.15) is 6.61 Å². The molecule has 0 radical (unpaired) electrons. The lowest BCUT2D eigenvalue weighted by molar-refractivity contribution is -0.385. The number of ether oxygens (including phenoxy) is 1. The van der Waals surface area contributed by atoms with Gasteiger partial charge >= 0.3 is 6.09 Å². The van der Waals surface area contributed by atoms with Crippen molar-refractivity contribution in [3.63, 3.8) is 0 Å². The molecule has 1 saturated heterocycles. The van der Waals surface area contributed by atoms with Crippen molar-refractivity contribution in [1.82, 2.24) is 4.31 Å². The highest BCUT2D eigenvalue weighted by Gasteiger charge is 2.37. The molecule has 0 spiro atoms. The molecule has 0 bridgehead atoms. The second kappa shape index (κ2) is 7.69. The molecular weight excluding hydrogens is 410 g/mol. The number of carbonyl (C=O) groups is 1. The average molecular weight is 431 g/mol. The Morgan fingerprint density at radius 2 is 1.83 bits per heavy atom. The number of anilines is 1. The zero-order valence-corrected chi connectivity index (χ0v) is 17.2. The summed E-state index contributed by atoms with van der Waals surface area (Å²) < 4.78 is 32.6. The molecule has 10 heteroatoms. The summed E-state index contributed by atoms with van der Waals surface area (Å²) in [4.78, 5) is 24.4. The molecular formula is C20H21N3O6S. The van der Waals surface area contributed by atoms with Crippen LogP contribution in [0.1, 0.15) is 24.0 Å². The number of amides is 1. The van der Waals surface area contributed by atoms with E-state index in [2.05, 4.69) is 0 Å². The molecule has 9 nitrogen and oxygen atoms in total. The molecule has 0 unspecified atom stereocenters. The molecule has 0 atom stereocenters. The van der Waals surface area contributed by atoms with Crippen molar-refractivity contribution in [1.29, 1.82) is 0 Å². The minimum Gasteiger partial charge on any atom is -0.444 e. The van der Waals surface area contributed by atoms with Crippen molar-refractivity contribution in [3.05, 3.63) is 63.7 Å². The smallest absolute Gasteiger partial charge is 0.414 e. The molecule has 2 aliphatic heterocycles. The summed E-state index contributed by atoms with van der Waals surface area (Å²) >= 11 is 0. The lowest BCUT2D eigenvalue weighted by Gasteiger charge is -2.40. The molecule has 0 saturated carbocycles. The zero-order valence-electron chi connectivity index (χ0n) is 16.4. The van der Waals surface area contributed by atoms with E-state index in [9.17, 15) is 23.3 Å². The Labute approximate surface area is 174 Å². The Bertz CT molecular complexity index is 1110. The maximum absolute atomic E-state index is 13.0. The van der Waals surface area contributed by atoms with Gasteiger partial charge in [-0.25, -0.2) is 13.2 Å². The molecule has 2 heterocycles. The van der Waals surface area contributed by atoms with E-state index in [4.69, 9.17) is 4.74 Å². The number of aryl methyl sites for hydroxylation is 1. The fraction of sp³-hybridized carbons (Fsp3) is 0.350. The van der Waals surface area contributed by atoms with E-state index in [0.717, 1.165) is 22.9 Å². The molecule has 2 aromatic rings. The van der Waals surface area contributed by atoms with Crippen molar-refractivity contribution in [2.75, 3.05) is 18.0 Å². The Kier molecular flexibility index (Phi) is 5.20. The second-order valence-corrected chi connectivity index (χ2v) is 9.33. The Hall–Kier alpha value is -2.98. The minimum absolute atomic E-state index is 0.103. The fourth-order valence-corrected chi connectivity index (χ4v) is 5.57. The number of benzene rings is 2. The number of para-hydroxylation sites is 1. The Morgan fingerprint density at radius 1 is 1.13 bits per heavy atom. The molecule has 0 aliphatic carbocycles. The third kappa shape index (κ3) is 3.52. The van der Waals surface area contributed by atoms with Gasteiger partial charge < -0.3 is 4.74 Å². The largest absolute Gasteiger partial charge is 0.444 e. The van der Waals surface area contributed by atoms with E-state index in [-0.39, 0.29) is 36.3 Å². The van der Waals surface area contributed by atoms with Gasteiger partial charge in [0.2, 0.25) is 10.0 Å². The molecule has 158 valence electrons. The van der Waals surface area contributed by atoms with E-state index < -0.39 is 21.0 Å². The van der Waals surface area contributed by atoms with Crippen LogP contribution in [-0.4, -0.2) is 42.9 Å². The van der Waals surface area contributed by atoms with E-state index in [0.29, 0.717) is 12.8 Å². The van der Waals surface area contributed by atoms with E-state index in [1.807, 2.05) is 25.1 Å². The van der Waals surface area contributed by atoms with Crippen LogP contribution in [0.3, 0.4) is 0 Å². The van der Waals surface area contributed by atoms with Gasteiger partial charge in [0, 0.05) is 36.8 Å². The van der Waals surface area contributed by atoms with Crippen LogP contribution < -0.4 is 4.90 Å². The number of fused-ring (bicyclic) bond motifs is 1. The Morgan fingerprint density at radius 3 is 2.53 bits per heavy atom. The number of non-ortho nitro benzene ring substituents is 1. The van der Waals surface area contributed by atoms with Gasteiger partial charge in [-0.2, -0.15) is 4.31 Å². The number of nitrogens with zero attached hydrogens (tertiary/aromatic N) is 3. The molecule has 2 aromatic carbocycles. The number of rotatable bonds is 4. The van der Waals surface area contributed by atoms with Crippen LogP contribution >= 0.6 is 0 Å². The average Bonchev–Trinajstić information content (AvgIpc) is 2.74. The van der Waals surface area contributed by atoms with Gasteiger partial charge in [0.25, 0.3) is 5.69 Å². The normalized spacial score (nSPS) is 18.0. The molecule has 0 N–H and O–H groups in total. The minimum atomic E-state index is -3.86. The first kappa shape index (κ1) is 20.3. The van der Waals surface area contributed by atoms with Gasteiger partial charge in [0.05, 0.1) is 15.5 Å². The maximum atomic E-state index is 13.0. The Balaban J connectivity index is 1.54. The highest BCUT2D eigenvalue weighted by Crippen LogP contribution is 2.35. The second-order valence-electron chi connectivity index (χ2n) is 7.40. The SMILES string of the molecule is Cc1cccc2c1N(C1CCN(S(=O)(=O)c3cccc([N+](=O)[O-])c3)CC1)C(=O)OC2. The first-order valence-electron chi connectivity index (χ1n) is 9.58. The number of sulfonamides is 1. The standard InChI is InChI=1S/C20H21N3O6S/c1-14-4-2-5-15-13-29-20(24)22(19(14)15)16-8-10-21(11-9-16)30(27,28)18-7-3-6-17(12-18)23(25)26/h2-7,12,16H,8-11,13H2,1H3. The first-order valence-corrected chi connectivity index (χ1v) is 11.0. The van der Waals surface area contributed by atoms with Gasteiger partial charge in [-0.05, 0) is 31.4 Å². The van der Waals surface area contributed by atoms with Crippen molar-refractivity contribution in [2.24, 2.45) is 0 Å². The summed E-state index contributed by atoms with van der Waals surface area (Å²) in [7, 11) is -3.86. The van der Waals surface area contributed by atoms with Crippen molar-refractivity contribution < 1.29 is 22.9 Å². The summed E-state index contributed by atoms with van der Waals surface area (Å²) in [5.41, 5.74) is 2.47. The van der Waals surface area contributed by atoms with E-state index in [1.54, 1.807) is 4.90 Å². The summed E-state index contributed by atoms with van der Waals surface area (Å²) in [6.07, 6.45) is 0.463. The third-order valence-electron chi connectivity index (χ3n) is 5.56. The highest BCUT2D eigenvalue weighted by molar-refractivity contribution is 7.89.